The van der Waals surface area contributed by atoms with Gasteiger partial charge in [-0.2, -0.15) is 0 Å². The number of ether oxygens (including phenoxy) is 1. The van der Waals surface area contributed by atoms with E-state index in [-0.39, 0.29) is 11.1 Å². The fourth-order valence-corrected chi connectivity index (χ4v) is 3.73. The van der Waals surface area contributed by atoms with Gasteiger partial charge in [0.25, 0.3) is 0 Å². The fourth-order valence-electron chi connectivity index (χ4n) is 2.78. The molecule has 0 N–H and O–H groups in total. The van der Waals surface area contributed by atoms with E-state index in [2.05, 4.69) is 0 Å². The van der Waals surface area contributed by atoms with Crippen molar-refractivity contribution in [3.05, 3.63) is 65.0 Å². The summed E-state index contributed by atoms with van der Waals surface area (Å²) in [4.78, 5) is 24.1. The Hall–Kier alpha value is -2.74. The quantitative estimate of drug-likeness (QED) is 0.589. The lowest BCUT2D eigenvalue weighted by atomic mass is 10.1. The molecule has 0 atom stereocenters. The summed E-state index contributed by atoms with van der Waals surface area (Å²) in [6.07, 6.45) is 1.63. The predicted octanol–water partition coefficient (Wildman–Crippen LogP) is 2.19. The molecule has 2 aromatic carbocycles. The maximum atomic E-state index is 12.9. The first kappa shape index (κ1) is 18.1. The Labute approximate surface area is 150 Å². The van der Waals surface area contributed by atoms with Crippen LogP contribution >= 0.6 is 0 Å². The van der Waals surface area contributed by atoms with Gasteiger partial charge in [0, 0.05) is 12.1 Å². The number of ketones is 1. The summed E-state index contributed by atoms with van der Waals surface area (Å²) in [5.74, 6) is -1.58. The van der Waals surface area contributed by atoms with Crippen molar-refractivity contribution in [2.24, 2.45) is 0 Å². The van der Waals surface area contributed by atoms with E-state index in [1.165, 1.54) is 22.5 Å². The molecule has 0 fully saturated rings. The Kier molecular flexibility index (Phi) is 4.78. The van der Waals surface area contributed by atoms with Crippen LogP contribution in [0.4, 0.5) is 10.1 Å². The highest BCUT2D eigenvalue weighted by Crippen LogP contribution is 2.30. The van der Waals surface area contributed by atoms with Gasteiger partial charge in [-0.3, -0.25) is 9.10 Å². The molecule has 1 aliphatic heterocycles. The molecular weight excluding hydrogens is 361 g/mol. The molecule has 26 heavy (non-hydrogen) atoms. The Morgan fingerprint density at radius 3 is 2.42 bits per heavy atom. The van der Waals surface area contributed by atoms with Gasteiger partial charge in [0.05, 0.1) is 17.5 Å². The average molecular weight is 377 g/mol. The molecule has 136 valence electrons. The lowest BCUT2D eigenvalue weighted by Gasteiger charge is -2.16. The van der Waals surface area contributed by atoms with Gasteiger partial charge in [0.2, 0.25) is 10.0 Å². The zero-order valence-corrected chi connectivity index (χ0v) is 14.8. The molecule has 3 rings (SSSR count). The number of fused-ring (bicyclic) bond motifs is 1. The number of hydrogen-bond acceptors (Lipinski definition) is 5. The number of nitrogens with zero attached hydrogens (tertiary/aromatic N) is 1. The molecule has 0 amide bonds. The van der Waals surface area contributed by atoms with Crippen molar-refractivity contribution in [3.8, 4) is 0 Å². The second-order valence-corrected chi connectivity index (χ2v) is 7.84. The molecule has 0 radical (unpaired) electrons. The maximum absolute atomic E-state index is 12.9. The van der Waals surface area contributed by atoms with Gasteiger partial charge < -0.3 is 4.74 Å². The Bertz CT molecular complexity index is 970. The van der Waals surface area contributed by atoms with Crippen molar-refractivity contribution in [1.82, 2.24) is 0 Å². The van der Waals surface area contributed by atoms with E-state index in [1.807, 2.05) is 0 Å². The van der Waals surface area contributed by atoms with Crippen LogP contribution in [-0.4, -0.2) is 39.6 Å². The predicted molar refractivity (Wildman–Crippen MR) is 93.3 cm³/mol. The lowest BCUT2D eigenvalue weighted by Crippen LogP contribution is -2.27. The summed E-state index contributed by atoms with van der Waals surface area (Å²) in [6.45, 7) is -0.132. The van der Waals surface area contributed by atoms with Crippen LogP contribution in [0.25, 0.3) is 0 Å². The average Bonchev–Trinajstić information content (AvgIpc) is 3.03. The van der Waals surface area contributed by atoms with Crippen LogP contribution in [0.3, 0.4) is 0 Å². The summed E-state index contributed by atoms with van der Waals surface area (Å²) in [7, 11) is -3.36. The molecule has 0 spiro atoms. The number of halogens is 1. The monoisotopic (exact) mass is 377 g/mol. The highest BCUT2D eigenvalue weighted by atomic mass is 32.2. The molecule has 1 heterocycles. The summed E-state index contributed by atoms with van der Waals surface area (Å²) < 4.78 is 42.6. The van der Waals surface area contributed by atoms with Crippen LogP contribution in [0, 0.1) is 5.82 Å². The first-order valence-electron chi connectivity index (χ1n) is 7.82. The molecular formula is C18H16FNO5S. The van der Waals surface area contributed by atoms with Gasteiger partial charge in [0.15, 0.2) is 12.4 Å². The molecule has 6 nitrogen and oxygen atoms in total. The first-order chi connectivity index (χ1) is 12.3. The van der Waals surface area contributed by atoms with Gasteiger partial charge in [-0.1, -0.05) is 0 Å². The number of sulfonamides is 1. The number of hydrogen-bond donors (Lipinski definition) is 0. The van der Waals surface area contributed by atoms with Crippen molar-refractivity contribution in [2.45, 2.75) is 6.42 Å². The SMILES string of the molecule is CS(=O)(=O)N1CCc2cc(C(=O)OCC(=O)c3ccc(F)cc3)ccc21. The second kappa shape index (κ2) is 6.87. The molecule has 0 saturated carbocycles. The van der Waals surface area contributed by atoms with Crippen LogP contribution < -0.4 is 4.31 Å². The minimum atomic E-state index is -3.36. The van der Waals surface area contributed by atoms with E-state index in [0.717, 1.165) is 24.0 Å². The summed E-state index contributed by atoms with van der Waals surface area (Å²) in [5.41, 5.74) is 1.77. The zero-order chi connectivity index (χ0) is 18.9. The Balaban J connectivity index is 1.68. The van der Waals surface area contributed by atoms with Crippen molar-refractivity contribution < 1.29 is 27.1 Å². The molecule has 0 aromatic heterocycles. The molecule has 8 heteroatoms. The highest BCUT2D eigenvalue weighted by molar-refractivity contribution is 7.92. The van der Waals surface area contributed by atoms with E-state index in [9.17, 15) is 22.4 Å². The first-order valence-corrected chi connectivity index (χ1v) is 9.67. The van der Waals surface area contributed by atoms with Gasteiger partial charge in [-0.15, -0.1) is 0 Å². The molecule has 0 saturated heterocycles. The number of Topliss-reactive ketones (excluding diaryl/α,β-unsaturated/α-hetero) is 1. The normalized spacial score (nSPS) is 13.4. The number of rotatable bonds is 5. The van der Waals surface area contributed by atoms with Crippen molar-refractivity contribution in [3.63, 3.8) is 0 Å². The second-order valence-electron chi connectivity index (χ2n) is 5.93. The third kappa shape index (κ3) is 3.75. The van der Waals surface area contributed by atoms with Gasteiger partial charge in [-0.25, -0.2) is 17.6 Å². The van der Waals surface area contributed by atoms with Crippen LogP contribution in [0.5, 0.6) is 0 Å². The topological polar surface area (TPSA) is 80.8 Å². The lowest BCUT2D eigenvalue weighted by molar-refractivity contribution is 0.0474. The van der Waals surface area contributed by atoms with Crippen LogP contribution in [0.15, 0.2) is 42.5 Å². The highest BCUT2D eigenvalue weighted by Gasteiger charge is 2.27. The molecule has 0 bridgehead atoms. The smallest absolute Gasteiger partial charge is 0.338 e. The maximum Gasteiger partial charge on any atom is 0.338 e. The van der Waals surface area contributed by atoms with Crippen LogP contribution in [-0.2, 0) is 21.2 Å². The number of benzene rings is 2. The number of carbonyl (C=O) groups excluding carboxylic acids is 2. The zero-order valence-electron chi connectivity index (χ0n) is 13.9. The summed E-state index contributed by atoms with van der Waals surface area (Å²) in [6, 6.07) is 9.55. The van der Waals surface area contributed by atoms with E-state index in [1.54, 1.807) is 12.1 Å². The third-order valence-electron chi connectivity index (χ3n) is 4.07. The van der Waals surface area contributed by atoms with E-state index < -0.39 is 34.2 Å². The minimum Gasteiger partial charge on any atom is -0.454 e. The summed E-state index contributed by atoms with van der Waals surface area (Å²) >= 11 is 0. The Morgan fingerprint density at radius 1 is 1.12 bits per heavy atom. The molecule has 0 aliphatic carbocycles. The number of esters is 1. The van der Waals surface area contributed by atoms with Crippen molar-refractivity contribution in [2.75, 3.05) is 23.7 Å². The van der Waals surface area contributed by atoms with Crippen LogP contribution in [0.1, 0.15) is 26.3 Å². The third-order valence-corrected chi connectivity index (χ3v) is 5.25. The van der Waals surface area contributed by atoms with Gasteiger partial charge >= 0.3 is 5.97 Å². The molecule has 2 aromatic rings. The van der Waals surface area contributed by atoms with E-state index in [0.29, 0.717) is 18.7 Å². The fraction of sp³-hybridized carbons (Fsp3) is 0.222. The standard InChI is InChI=1S/C18H16FNO5S/c1-26(23,24)20-9-8-13-10-14(4-7-16(13)20)18(22)25-11-17(21)12-2-5-15(19)6-3-12/h2-7,10H,8-9,11H2,1H3. The number of anilines is 1. The molecule has 1 aliphatic rings. The van der Waals surface area contributed by atoms with Gasteiger partial charge in [-0.05, 0) is 54.4 Å². The molecule has 0 unspecified atom stereocenters. The number of carbonyl (C=O) groups is 2. The minimum absolute atomic E-state index is 0.242. The largest absolute Gasteiger partial charge is 0.454 e. The van der Waals surface area contributed by atoms with E-state index >= 15 is 0 Å². The van der Waals surface area contributed by atoms with Crippen molar-refractivity contribution >= 4 is 27.5 Å². The van der Waals surface area contributed by atoms with Crippen LogP contribution in [0.2, 0.25) is 0 Å². The Morgan fingerprint density at radius 2 is 1.77 bits per heavy atom. The van der Waals surface area contributed by atoms with Gasteiger partial charge in [0.1, 0.15) is 5.82 Å². The van der Waals surface area contributed by atoms with E-state index in [4.69, 9.17) is 4.74 Å². The van der Waals surface area contributed by atoms with Crippen molar-refractivity contribution in [1.29, 1.82) is 0 Å². The summed E-state index contributed by atoms with van der Waals surface area (Å²) in [5, 5.41) is 0.